The zero-order valence-corrected chi connectivity index (χ0v) is 18.8. The van der Waals surface area contributed by atoms with Crippen LogP contribution in [0, 0.1) is 0 Å². The fourth-order valence-electron chi connectivity index (χ4n) is 5.08. The van der Waals surface area contributed by atoms with E-state index < -0.39 is 11.9 Å². The Morgan fingerprint density at radius 1 is 1.16 bits per heavy atom. The number of aliphatic hydroxyl groups excluding tert-OH is 1. The average molecular weight is 441 g/mol. The molecule has 0 aromatic carbocycles. The third-order valence-electron chi connectivity index (χ3n) is 6.87. The maximum Gasteiger partial charge on any atom is 0.305 e. The molecule has 0 aromatic rings. The molecule has 0 saturated carbocycles. The molecule has 4 heterocycles. The number of ether oxygens (including phenoxy) is 6. The molecule has 8 nitrogen and oxygen atoms in total. The maximum atomic E-state index is 11.5. The molecule has 0 bridgehead atoms. The first-order valence-corrected chi connectivity index (χ1v) is 11.4. The summed E-state index contributed by atoms with van der Waals surface area (Å²) >= 11 is 0. The lowest BCUT2D eigenvalue weighted by Crippen LogP contribution is -2.61. The second-order valence-electron chi connectivity index (χ2n) is 9.63. The van der Waals surface area contributed by atoms with Crippen LogP contribution < -0.4 is 0 Å². The standard InChI is InChI=1S/C23H36O8/c1-13-5-6-14(7-8-22(25)26-4)28-16(13)10-17-15(24)9-18-19(29-17)11-20-21(30-18)12-27-23(2,3)31-20/h14-21,24H,1,5-12H2,2-4H3/t14?,15?,16-,17+,18?,19?,20?,21?/m1/s1. The van der Waals surface area contributed by atoms with Crippen molar-refractivity contribution in [2.75, 3.05) is 13.7 Å². The Morgan fingerprint density at radius 3 is 2.71 bits per heavy atom. The molecular weight excluding hydrogens is 404 g/mol. The molecule has 4 aliphatic rings. The van der Waals surface area contributed by atoms with Crippen LogP contribution in [0.15, 0.2) is 12.2 Å². The molecule has 31 heavy (non-hydrogen) atoms. The lowest BCUT2D eigenvalue weighted by atomic mass is 9.86. The SMILES string of the molecule is C=C1CCC(CCC(=O)OC)O[C@@H]1C[C@@H]1OC2CC3OC(C)(C)OCC3OC2CC1O. The van der Waals surface area contributed by atoms with Crippen molar-refractivity contribution in [3.63, 3.8) is 0 Å². The van der Waals surface area contributed by atoms with Gasteiger partial charge in [0.2, 0.25) is 0 Å². The number of hydrogen-bond donors (Lipinski definition) is 1. The summed E-state index contributed by atoms with van der Waals surface area (Å²) in [4.78, 5) is 11.5. The monoisotopic (exact) mass is 440 g/mol. The van der Waals surface area contributed by atoms with E-state index in [1.165, 1.54) is 7.11 Å². The molecule has 4 saturated heterocycles. The van der Waals surface area contributed by atoms with Gasteiger partial charge in [0, 0.05) is 25.7 Å². The van der Waals surface area contributed by atoms with Crippen LogP contribution in [0.3, 0.4) is 0 Å². The molecule has 176 valence electrons. The number of carbonyl (C=O) groups is 1. The van der Waals surface area contributed by atoms with E-state index >= 15 is 0 Å². The van der Waals surface area contributed by atoms with E-state index in [9.17, 15) is 9.90 Å². The Kier molecular flexibility index (Phi) is 7.05. The highest BCUT2D eigenvalue weighted by molar-refractivity contribution is 5.69. The van der Waals surface area contributed by atoms with E-state index in [1.54, 1.807) is 0 Å². The second kappa shape index (κ2) is 9.45. The van der Waals surface area contributed by atoms with Gasteiger partial charge in [-0.3, -0.25) is 4.79 Å². The Hall–Kier alpha value is -1.03. The lowest BCUT2D eigenvalue weighted by molar-refractivity contribution is -0.349. The molecule has 0 radical (unpaired) electrons. The predicted octanol–water partition coefficient (Wildman–Crippen LogP) is 2.26. The number of methoxy groups -OCH3 is 1. The summed E-state index contributed by atoms with van der Waals surface area (Å²) in [5.74, 6) is -0.853. The zero-order chi connectivity index (χ0) is 22.2. The molecule has 0 amide bonds. The van der Waals surface area contributed by atoms with Gasteiger partial charge >= 0.3 is 5.97 Å². The summed E-state index contributed by atoms with van der Waals surface area (Å²) in [6.45, 7) is 8.48. The number of fused-ring (bicyclic) bond motifs is 2. The summed E-state index contributed by atoms with van der Waals surface area (Å²) in [6.07, 6.45) is 2.76. The molecule has 0 aliphatic carbocycles. The van der Waals surface area contributed by atoms with Crippen molar-refractivity contribution in [3.8, 4) is 0 Å². The first-order valence-electron chi connectivity index (χ1n) is 11.4. The quantitative estimate of drug-likeness (QED) is 0.514. The van der Waals surface area contributed by atoms with Crippen LogP contribution in [0.1, 0.15) is 58.8 Å². The molecule has 4 aliphatic heterocycles. The van der Waals surface area contributed by atoms with Crippen LogP contribution in [-0.4, -0.2) is 79.4 Å². The van der Waals surface area contributed by atoms with Crippen LogP contribution in [0.2, 0.25) is 0 Å². The van der Waals surface area contributed by atoms with Gasteiger partial charge in [0.1, 0.15) is 6.10 Å². The van der Waals surface area contributed by atoms with Crippen LogP contribution >= 0.6 is 0 Å². The summed E-state index contributed by atoms with van der Waals surface area (Å²) in [5, 5.41) is 10.8. The van der Waals surface area contributed by atoms with Gasteiger partial charge in [-0.15, -0.1) is 0 Å². The molecule has 4 rings (SSSR count). The smallest absolute Gasteiger partial charge is 0.305 e. The van der Waals surface area contributed by atoms with Crippen LogP contribution in [0.5, 0.6) is 0 Å². The summed E-state index contributed by atoms with van der Waals surface area (Å²) in [6, 6.07) is 0. The lowest BCUT2D eigenvalue weighted by Gasteiger charge is -2.51. The van der Waals surface area contributed by atoms with Gasteiger partial charge in [-0.2, -0.15) is 0 Å². The van der Waals surface area contributed by atoms with Gasteiger partial charge in [0.25, 0.3) is 0 Å². The minimum absolute atomic E-state index is 0.0141. The molecular formula is C23H36O8. The second-order valence-corrected chi connectivity index (χ2v) is 9.63. The van der Waals surface area contributed by atoms with E-state index in [0.717, 1.165) is 24.8 Å². The minimum atomic E-state index is -0.633. The highest BCUT2D eigenvalue weighted by Crippen LogP contribution is 2.39. The van der Waals surface area contributed by atoms with Gasteiger partial charge in [-0.25, -0.2) is 0 Å². The van der Waals surface area contributed by atoms with Crippen LogP contribution in [-0.2, 0) is 33.2 Å². The maximum absolute atomic E-state index is 11.5. The van der Waals surface area contributed by atoms with Gasteiger partial charge in [-0.1, -0.05) is 6.58 Å². The van der Waals surface area contributed by atoms with Crippen molar-refractivity contribution in [2.45, 2.75) is 113 Å². The minimum Gasteiger partial charge on any atom is -0.469 e. The summed E-state index contributed by atoms with van der Waals surface area (Å²) in [5.41, 5.74) is 1.02. The van der Waals surface area contributed by atoms with E-state index in [4.69, 9.17) is 28.4 Å². The molecule has 1 N–H and O–H groups in total. The van der Waals surface area contributed by atoms with E-state index in [2.05, 4.69) is 6.58 Å². The fraction of sp³-hybridized carbons (Fsp3) is 0.870. The highest BCUT2D eigenvalue weighted by Gasteiger charge is 2.49. The van der Waals surface area contributed by atoms with Crippen molar-refractivity contribution in [1.82, 2.24) is 0 Å². The average Bonchev–Trinajstić information content (AvgIpc) is 2.72. The molecule has 0 aromatic heterocycles. The van der Waals surface area contributed by atoms with E-state index in [1.807, 2.05) is 13.8 Å². The summed E-state index contributed by atoms with van der Waals surface area (Å²) in [7, 11) is 1.40. The van der Waals surface area contributed by atoms with Crippen LogP contribution in [0.4, 0.5) is 0 Å². The Morgan fingerprint density at radius 2 is 1.94 bits per heavy atom. The molecule has 0 spiro atoms. The van der Waals surface area contributed by atoms with E-state index in [-0.39, 0.29) is 48.7 Å². The summed E-state index contributed by atoms with van der Waals surface area (Å²) < 4.78 is 35.2. The first-order chi connectivity index (χ1) is 14.7. The Labute approximate surface area is 184 Å². The largest absolute Gasteiger partial charge is 0.469 e. The third-order valence-corrected chi connectivity index (χ3v) is 6.87. The number of hydrogen-bond acceptors (Lipinski definition) is 8. The van der Waals surface area contributed by atoms with Gasteiger partial charge in [0.05, 0.1) is 56.4 Å². The molecule has 8 atom stereocenters. The topological polar surface area (TPSA) is 92.7 Å². The third kappa shape index (κ3) is 5.49. The fourth-order valence-corrected chi connectivity index (χ4v) is 5.08. The van der Waals surface area contributed by atoms with Crippen LogP contribution in [0.25, 0.3) is 0 Å². The normalized spacial score (nSPS) is 42.4. The van der Waals surface area contributed by atoms with Gasteiger partial charge in [0.15, 0.2) is 5.79 Å². The Bertz CT molecular complexity index is 664. The van der Waals surface area contributed by atoms with E-state index in [0.29, 0.717) is 32.3 Å². The van der Waals surface area contributed by atoms with Gasteiger partial charge in [-0.05, 0) is 38.7 Å². The number of aliphatic hydroxyl groups is 1. The van der Waals surface area contributed by atoms with Crippen molar-refractivity contribution >= 4 is 5.97 Å². The number of rotatable bonds is 5. The van der Waals surface area contributed by atoms with Crippen molar-refractivity contribution < 1.29 is 38.3 Å². The Balaban J connectivity index is 1.33. The van der Waals surface area contributed by atoms with Gasteiger partial charge < -0.3 is 33.5 Å². The first kappa shape index (κ1) is 23.1. The van der Waals surface area contributed by atoms with Crippen molar-refractivity contribution in [3.05, 3.63) is 12.2 Å². The molecule has 6 unspecified atom stereocenters. The molecule has 8 heteroatoms. The zero-order valence-electron chi connectivity index (χ0n) is 18.8. The highest BCUT2D eigenvalue weighted by atomic mass is 16.7. The van der Waals surface area contributed by atoms with Crippen molar-refractivity contribution in [2.24, 2.45) is 0 Å². The number of esters is 1. The number of carbonyl (C=O) groups excluding carboxylic acids is 1. The molecule has 4 fully saturated rings. The predicted molar refractivity (Wildman–Crippen MR) is 110 cm³/mol. The van der Waals surface area contributed by atoms with Crippen molar-refractivity contribution in [1.29, 1.82) is 0 Å².